The molecule has 0 N–H and O–H groups in total. The summed E-state index contributed by atoms with van der Waals surface area (Å²) < 4.78 is 0. The molecule has 2 heterocycles. The smallest absolute Gasteiger partial charge is 0.256 e. The van der Waals surface area contributed by atoms with Gasteiger partial charge in [-0.1, -0.05) is 53.0 Å². The molecule has 0 radical (unpaired) electrons. The van der Waals surface area contributed by atoms with Crippen LogP contribution in [-0.4, -0.2) is 40.2 Å². The van der Waals surface area contributed by atoms with E-state index in [9.17, 15) is 9.59 Å². The Kier molecular flexibility index (Phi) is 7.09. The molecule has 4 rings (SSSR count). The number of nitrogens with zero attached hydrogens (tertiary/aromatic N) is 2. The lowest BCUT2D eigenvalue weighted by atomic mass is 9.92. The van der Waals surface area contributed by atoms with Crippen LogP contribution in [-0.2, 0) is 11.2 Å². The van der Waals surface area contributed by atoms with Crippen molar-refractivity contribution in [1.82, 2.24) is 9.80 Å². The molecule has 4 nitrogen and oxygen atoms in total. The molecule has 178 valence electrons. The second-order valence-corrected chi connectivity index (χ2v) is 11.5. The lowest BCUT2D eigenvalue weighted by Crippen LogP contribution is -2.52. The Morgan fingerprint density at radius 3 is 2.44 bits per heavy atom. The van der Waals surface area contributed by atoms with Gasteiger partial charge in [-0.3, -0.25) is 9.59 Å². The summed E-state index contributed by atoms with van der Waals surface area (Å²) in [6.07, 6.45) is 0.813. The number of hydrogen-bond acceptors (Lipinski definition) is 3. The van der Waals surface area contributed by atoms with Crippen molar-refractivity contribution >= 4 is 46.4 Å². The first-order valence-corrected chi connectivity index (χ1v) is 12.9. The Morgan fingerprint density at radius 2 is 1.79 bits per heavy atom. The van der Waals surface area contributed by atoms with Crippen molar-refractivity contribution in [2.45, 2.75) is 45.7 Å². The summed E-state index contributed by atoms with van der Waals surface area (Å²) in [5.41, 5.74) is 3.17. The largest absolute Gasteiger partial charge is 0.330 e. The lowest BCUT2D eigenvalue weighted by Gasteiger charge is -2.40. The summed E-state index contributed by atoms with van der Waals surface area (Å²) in [4.78, 5) is 32.1. The number of rotatable bonds is 4. The van der Waals surface area contributed by atoms with Gasteiger partial charge in [0, 0.05) is 22.0 Å². The molecule has 1 aliphatic heterocycles. The first kappa shape index (κ1) is 24.8. The van der Waals surface area contributed by atoms with Gasteiger partial charge in [-0.05, 0) is 74.9 Å². The second kappa shape index (κ2) is 9.73. The Labute approximate surface area is 215 Å². The van der Waals surface area contributed by atoms with Crippen LogP contribution in [0.3, 0.4) is 0 Å². The number of thiophene rings is 1. The van der Waals surface area contributed by atoms with E-state index in [4.69, 9.17) is 23.2 Å². The highest BCUT2D eigenvalue weighted by molar-refractivity contribution is 7.10. The van der Waals surface area contributed by atoms with Gasteiger partial charge in [0.1, 0.15) is 6.54 Å². The first-order valence-electron chi connectivity index (χ1n) is 11.3. The summed E-state index contributed by atoms with van der Waals surface area (Å²) in [6.45, 7) is 8.39. The minimum absolute atomic E-state index is 0.0386. The zero-order valence-electron chi connectivity index (χ0n) is 19.8. The van der Waals surface area contributed by atoms with Crippen molar-refractivity contribution in [3.63, 3.8) is 0 Å². The van der Waals surface area contributed by atoms with Crippen LogP contribution in [0.1, 0.15) is 58.7 Å². The fraction of sp³-hybridized carbons (Fsp3) is 0.333. The van der Waals surface area contributed by atoms with Gasteiger partial charge in [-0.15, -0.1) is 11.3 Å². The average Bonchev–Trinajstić information content (AvgIpc) is 3.25. The minimum atomic E-state index is -0.585. The number of fused-ring (bicyclic) bond motifs is 1. The predicted molar refractivity (Wildman–Crippen MR) is 140 cm³/mol. The summed E-state index contributed by atoms with van der Waals surface area (Å²) in [5.74, 6) is -0.376. The highest BCUT2D eigenvalue weighted by Crippen LogP contribution is 2.38. The van der Waals surface area contributed by atoms with Crippen molar-refractivity contribution in [3.05, 3.63) is 91.1 Å². The summed E-state index contributed by atoms with van der Waals surface area (Å²) in [6, 6.07) is 15.1. The topological polar surface area (TPSA) is 40.6 Å². The van der Waals surface area contributed by atoms with E-state index < -0.39 is 5.54 Å². The van der Waals surface area contributed by atoms with Crippen LogP contribution in [0.2, 0.25) is 10.0 Å². The SMILES string of the molecule is Cc1ccc(C2c3ccsc3CCN2C(=O)CN(C(=O)c2ccc(Cl)cc2Cl)C(C)(C)C)cc1. The highest BCUT2D eigenvalue weighted by Gasteiger charge is 2.36. The standard InChI is InChI=1S/C27H28Cl2N2O2S/c1-17-5-7-18(8-6-17)25-21-12-14-34-23(21)11-13-30(25)24(32)16-31(27(2,3)4)26(33)20-10-9-19(28)15-22(20)29/h5-10,12,14-15,25H,11,13,16H2,1-4H3. The van der Waals surface area contributed by atoms with Crippen molar-refractivity contribution in [1.29, 1.82) is 0 Å². The molecule has 0 saturated heterocycles. The number of hydrogen-bond donors (Lipinski definition) is 0. The van der Waals surface area contributed by atoms with E-state index in [1.807, 2.05) is 25.7 Å². The molecule has 34 heavy (non-hydrogen) atoms. The second-order valence-electron chi connectivity index (χ2n) is 9.64. The summed E-state index contributed by atoms with van der Waals surface area (Å²) in [5, 5.41) is 2.83. The molecule has 0 saturated carbocycles. The van der Waals surface area contributed by atoms with E-state index in [1.54, 1.807) is 34.4 Å². The molecule has 1 unspecified atom stereocenters. The molecule has 7 heteroatoms. The quantitative estimate of drug-likeness (QED) is 0.385. The molecule has 0 aliphatic carbocycles. The van der Waals surface area contributed by atoms with Crippen LogP contribution >= 0.6 is 34.5 Å². The molecule has 0 spiro atoms. The maximum atomic E-state index is 13.8. The first-order chi connectivity index (χ1) is 16.1. The normalized spacial score (nSPS) is 15.7. The van der Waals surface area contributed by atoms with Gasteiger partial charge in [0.05, 0.1) is 16.6 Å². The third-order valence-corrected chi connectivity index (χ3v) is 7.73. The molecular weight excluding hydrogens is 487 g/mol. The van der Waals surface area contributed by atoms with Gasteiger partial charge < -0.3 is 9.80 Å². The Balaban J connectivity index is 1.66. The van der Waals surface area contributed by atoms with Crippen LogP contribution in [0.15, 0.2) is 53.9 Å². The molecular formula is C27H28Cl2N2O2S. The fourth-order valence-electron chi connectivity index (χ4n) is 4.34. The maximum Gasteiger partial charge on any atom is 0.256 e. The van der Waals surface area contributed by atoms with Gasteiger partial charge in [-0.25, -0.2) is 0 Å². The van der Waals surface area contributed by atoms with E-state index in [1.165, 1.54) is 16.0 Å². The Hall–Kier alpha value is -2.34. The van der Waals surface area contributed by atoms with Gasteiger partial charge in [0.25, 0.3) is 5.91 Å². The maximum absolute atomic E-state index is 13.8. The van der Waals surface area contributed by atoms with Crippen molar-refractivity contribution in [2.24, 2.45) is 0 Å². The Morgan fingerprint density at radius 1 is 1.09 bits per heavy atom. The van der Waals surface area contributed by atoms with Gasteiger partial charge >= 0.3 is 0 Å². The Bertz CT molecular complexity index is 1210. The minimum Gasteiger partial charge on any atom is -0.330 e. The summed E-state index contributed by atoms with van der Waals surface area (Å²) in [7, 11) is 0. The van der Waals surface area contributed by atoms with E-state index >= 15 is 0 Å². The van der Waals surface area contributed by atoms with E-state index in [0.29, 0.717) is 17.1 Å². The van der Waals surface area contributed by atoms with Gasteiger partial charge in [-0.2, -0.15) is 0 Å². The van der Waals surface area contributed by atoms with Gasteiger partial charge in [0.15, 0.2) is 0 Å². The lowest BCUT2D eigenvalue weighted by molar-refractivity contribution is -0.135. The summed E-state index contributed by atoms with van der Waals surface area (Å²) >= 11 is 14.1. The third kappa shape index (κ3) is 5.02. The van der Waals surface area contributed by atoms with E-state index in [-0.39, 0.29) is 29.4 Å². The van der Waals surface area contributed by atoms with Crippen molar-refractivity contribution in [3.8, 4) is 0 Å². The molecule has 1 atom stereocenters. The van der Waals surface area contributed by atoms with Crippen LogP contribution in [0.5, 0.6) is 0 Å². The van der Waals surface area contributed by atoms with Crippen LogP contribution in [0, 0.1) is 6.92 Å². The number of halogens is 2. The average molecular weight is 516 g/mol. The fourth-order valence-corrected chi connectivity index (χ4v) is 5.73. The zero-order chi connectivity index (χ0) is 24.6. The highest BCUT2D eigenvalue weighted by atomic mass is 35.5. The molecule has 2 aromatic carbocycles. The van der Waals surface area contributed by atoms with Gasteiger partial charge in [0.2, 0.25) is 5.91 Å². The number of amides is 2. The molecule has 1 aromatic heterocycles. The van der Waals surface area contributed by atoms with E-state index in [2.05, 4.69) is 42.6 Å². The zero-order valence-corrected chi connectivity index (χ0v) is 22.1. The molecule has 3 aromatic rings. The number of benzene rings is 2. The predicted octanol–water partition coefficient (Wildman–Crippen LogP) is 6.78. The van der Waals surface area contributed by atoms with E-state index in [0.717, 1.165) is 12.0 Å². The van der Waals surface area contributed by atoms with Crippen molar-refractivity contribution < 1.29 is 9.59 Å². The molecule has 0 fully saturated rings. The monoisotopic (exact) mass is 514 g/mol. The third-order valence-electron chi connectivity index (χ3n) is 6.19. The van der Waals surface area contributed by atoms with Crippen LogP contribution in [0.4, 0.5) is 0 Å². The molecule has 0 bridgehead atoms. The molecule has 1 aliphatic rings. The number of carbonyl (C=O) groups excluding carboxylic acids is 2. The number of carbonyl (C=O) groups is 2. The molecule has 2 amide bonds. The number of aryl methyl sites for hydroxylation is 1. The van der Waals surface area contributed by atoms with Crippen LogP contribution in [0.25, 0.3) is 0 Å². The van der Waals surface area contributed by atoms with Crippen LogP contribution < -0.4 is 0 Å². The van der Waals surface area contributed by atoms with Crippen molar-refractivity contribution in [2.75, 3.05) is 13.1 Å².